The van der Waals surface area contributed by atoms with Crippen LogP contribution in [-0.4, -0.2) is 5.92 Å². The predicted octanol–water partition coefficient (Wildman–Crippen LogP) is 18.1. The van der Waals surface area contributed by atoms with Gasteiger partial charge in [0.15, 0.2) is 0 Å². The zero-order valence-electron chi connectivity index (χ0n) is 38.4. The van der Waals surface area contributed by atoms with Gasteiger partial charge in [0.05, 0.1) is 0 Å². The Morgan fingerprint density at radius 2 is 0.850 bits per heavy atom. The number of halogens is 2. The van der Waals surface area contributed by atoms with E-state index in [1.165, 1.54) is 157 Å². The van der Waals surface area contributed by atoms with E-state index in [1.54, 1.807) is 11.1 Å². The number of hydrogen-bond acceptors (Lipinski definition) is 0. The average molecular weight is 936 g/mol. The molecule has 60 heavy (non-hydrogen) atoms. The molecule has 4 aromatic rings. The Morgan fingerprint density at radius 1 is 0.517 bits per heavy atom. The van der Waals surface area contributed by atoms with Gasteiger partial charge in [0.25, 0.3) is 0 Å². The molecule has 0 nitrogen and oxygen atoms in total. The summed E-state index contributed by atoms with van der Waals surface area (Å²) in [5.41, 5.74) is 19.9. The molecule has 0 heterocycles. The van der Waals surface area contributed by atoms with Crippen LogP contribution in [0, 0.1) is 38.5 Å². The van der Waals surface area contributed by atoms with E-state index in [0.29, 0.717) is 0 Å². The molecular weight excluding hydrogens is 863 g/mol. The van der Waals surface area contributed by atoms with E-state index < -0.39 is 21.5 Å². The molecule has 2 unspecified atom stereocenters. The molecule has 0 aliphatic heterocycles. The van der Waals surface area contributed by atoms with Crippen LogP contribution >= 0.6 is 17.0 Å². The summed E-state index contributed by atoms with van der Waals surface area (Å²) in [5.74, 6) is -1.76. The van der Waals surface area contributed by atoms with Crippen molar-refractivity contribution < 1.29 is 15.6 Å². The standard InChI is InChI=1S/2C27H33.C2H7Si.2ClH.Zr/c2*1-20-14-21(2)16-24(15-20)25-11-9-10-23-17-22(18-26(23)25)19-27(3)12-7-5-4-6-8-13-27;1-3-2;;;/h2*9-11,14-18H,4-8,12-13,19H2,1-3H3;3H,1-2H3;2*1H;/q;;;;;+2/p-2. The summed E-state index contributed by atoms with van der Waals surface area (Å²) >= 11 is -5.12. The molecule has 0 spiro atoms. The van der Waals surface area contributed by atoms with E-state index in [0.717, 1.165) is 12.8 Å². The van der Waals surface area contributed by atoms with Gasteiger partial charge < -0.3 is 0 Å². The van der Waals surface area contributed by atoms with E-state index in [2.05, 4.69) is 140 Å². The molecule has 4 aromatic carbocycles. The summed E-state index contributed by atoms with van der Waals surface area (Å²) in [4.78, 5) is 0. The van der Waals surface area contributed by atoms with Gasteiger partial charge in [-0.15, -0.1) is 0 Å². The topological polar surface area (TPSA) is 0 Å². The molecule has 8 rings (SSSR count). The third-order valence-corrected chi connectivity index (χ3v) is 67.8. The second-order valence-corrected chi connectivity index (χ2v) is 64.1. The second-order valence-electron chi connectivity index (χ2n) is 21.6. The first kappa shape index (κ1) is 44.6. The van der Waals surface area contributed by atoms with Gasteiger partial charge in [-0.2, -0.15) is 0 Å². The average Bonchev–Trinajstić information content (AvgIpc) is 3.73. The van der Waals surface area contributed by atoms with Gasteiger partial charge in [-0.25, -0.2) is 0 Å². The molecule has 0 saturated heterocycles. The molecule has 0 amide bonds. The van der Waals surface area contributed by atoms with Gasteiger partial charge in [0.2, 0.25) is 0 Å². The molecule has 2 saturated carbocycles. The van der Waals surface area contributed by atoms with Crippen molar-refractivity contribution in [2.75, 3.05) is 0 Å². The van der Waals surface area contributed by atoms with Crippen molar-refractivity contribution in [1.82, 2.24) is 0 Å². The van der Waals surface area contributed by atoms with Gasteiger partial charge in [-0.05, 0) is 0 Å². The SMILES string of the molecule is Cc1cc(C)cc(-c2cccc3c2C=C(CC2(C)CCCCCCC2)[CH]3[Zr]([Cl])([Cl])([CH]2C(CC3(C)CCCCCCC3)=Cc3c(-c4cc(C)cc(C)c4)cccc32)[SiH](C)C)c1. The summed E-state index contributed by atoms with van der Waals surface area (Å²) in [6.45, 7) is 19.3. The van der Waals surface area contributed by atoms with Gasteiger partial charge >= 0.3 is 377 Å². The van der Waals surface area contributed by atoms with Crippen molar-refractivity contribution in [2.45, 2.75) is 165 Å². The number of allylic oxidation sites excluding steroid dienone is 2. The quantitative estimate of drug-likeness (QED) is 0.147. The van der Waals surface area contributed by atoms with Crippen molar-refractivity contribution >= 4 is 35.1 Å². The van der Waals surface area contributed by atoms with Crippen LogP contribution < -0.4 is 0 Å². The molecule has 4 aliphatic rings. The summed E-state index contributed by atoms with van der Waals surface area (Å²) in [5, 5.41) is 0. The molecule has 0 radical (unpaired) electrons. The van der Waals surface area contributed by atoms with Crippen LogP contribution in [0.4, 0.5) is 0 Å². The molecule has 2 atom stereocenters. The molecule has 0 bridgehead atoms. The van der Waals surface area contributed by atoms with E-state index in [9.17, 15) is 17.0 Å². The van der Waals surface area contributed by atoms with Crippen LogP contribution in [0.2, 0.25) is 13.1 Å². The Hall–Kier alpha value is -1.96. The third-order valence-electron chi connectivity index (χ3n) is 16.0. The molecule has 319 valence electrons. The Balaban J connectivity index is 1.36. The molecule has 4 aliphatic carbocycles. The molecule has 4 heteroatoms. The minimum atomic E-state index is -5.12. The minimum absolute atomic E-state index is 0.0962. The van der Waals surface area contributed by atoms with Crippen molar-refractivity contribution in [1.29, 1.82) is 0 Å². The molecule has 0 aromatic heterocycles. The maximum atomic E-state index is 9.28. The van der Waals surface area contributed by atoms with Crippen molar-refractivity contribution in [3.05, 3.63) is 128 Å². The molecular formula is C56H73Cl2SiZr. The van der Waals surface area contributed by atoms with E-state index in [1.807, 2.05) is 0 Å². The summed E-state index contributed by atoms with van der Waals surface area (Å²) < 4.78 is 0.192. The summed E-state index contributed by atoms with van der Waals surface area (Å²) in [6.07, 6.45) is 26.2. The van der Waals surface area contributed by atoms with E-state index in [-0.39, 0.29) is 18.1 Å². The Morgan fingerprint density at radius 3 is 1.18 bits per heavy atom. The van der Waals surface area contributed by atoms with Crippen molar-refractivity contribution in [3.63, 3.8) is 0 Å². The van der Waals surface area contributed by atoms with Crippen molar-refractivity contribution in [3.8, 4) is 22.3 Å². The van der Waals surface area contributed by atoms with Crippen LogP contribution in [0.3, 0.4) is 0 Å². The third kappa shape index (κ3) is 8.66. The van der Waals surface area contributed by atoms with Crippen LogP contribution in [0.5, 0.6) is 0 Å². The number of hydrogen-bond donors (Lipinski definition) is 0. The molecule has 2 fully saturated rings. The molecule has 0 N–H and O–H groups in total. The van der Waals surface area contributed by atoms with Crippen LogP contribution in [0.25, 0.3) is 34.4 Å². The Kier molecular flexibility index (Phi) is 13.1. The van der Waals surface area contributed by atoms with Gasteiger partial charge in [0, 0.05) is 0 Å². The zero-order valence-corrected chi connectivity index (χ0v) is 43.5. The first-order valence-corrected chi connectivity index (χ1v) is 40.3. The first-order chi connectivity index (χ1) is 28.6. The van der Waals surface area contributed by atoms with E-state index in [4.69, 9.17) is 0 Å². The van der Waals surface area contributed by atoms with Crippen LogP contribution in [0.1, 0.15) is 168 Å². The first-order valence-electron chi connectivity index (χ1n) is 24.0. The van der Waals surface area contributed by atoms with E-state index >= 15 is 0 Å². The monoisotopic (exact) mass is 933 g/mol. The van der Waals surface area contributed by atoms with Gasteiger partial charge in [-0.1, -0.05) is 0 Å². The Bertz CT molecular complexity index is 2100. The number of aryl methyl sites for hydroxylation is 4. The van der Waals surface area contributed by atoms with Crippen LogP contribution in [-0.2, 0) is 15.6 Å². The maximum absolute atomic E-state index is 9.28. The van der Waals surface area contributed by atoms with Gasteiger partial charge in [-0.3, -0.25) is 0 Å². The fraction of sp³-hybridized carbons (Fsp3) is 0.500. The second kappa shape index (κ2) is 17.5. The zero-order chi connectivity index (χ0) is 42.5. The fourth-order valence-corrected chi connectivity index (χ4v) is 44.3. The fourth-order valence-electron chi connectivity index (χ4n) is 13.0. The number of benzene rings is 4. The van der Waals surface area contributed by atoms with Crippen molar-refractivity contribution in [2.24, 2.45) is 10.8 Å². The predicted molar refractivity (Wildman–Crippen MR) is 265 cm³/mol. The number of fused-ring (bicyclic) bond motifs is 2. The Labute approximate surface area is 373 Å². The van der Waals surface area contributed by atoms with Gasteiger partial charge in [0.1, 0.15) is 0 Å². The van der Waals surface area contributed by atoms with Crippen LogP contribution in [0.15, 0.2) is 83.9 Å². The summed E-state index contributed by atoms with van der Waals surface area (Å²) in [7, 11) is 18.6. The summed E-state index contributed by atoms with van der Waals surface area (Å²) in [6, 6.07) is 28.5. The number of rotatable bonds is 9. The normalized spacial score (nSPS) is 22.4.